The largest absolute Gasteiger partial charge is 0.380 e. The van der Waals surface area contributed by atoms with Crippen molar-refractivity contribution < 1.29 is 4.74 Å². The zero-order valence-electron chi connectivity index (χ0n) is 9.23. The van der Waals surface area contributed by atoms with Gasteiger partial charge in [-0.1, -0.05) is 13.3 Å². The third-order valence-electron chi connectivity index (χ3n) is 2.02. The Morgan fingerprint density at radius 3 is 2.46 bits per heavy atom. The van der Waals surface area contributed by atoms with Gasteiger partial charge in [-0.2, -0.15) is 0 Å². The highest BCUT2D eigenvalue weighted by Crippen LogP contribution is 1.83. The fraction of sp³-hybridized carbons (Fsp3) is 1.00. The summed E-state index contributed by atoms with van der Waals surface area (Å²) in [5.74, 6) is 0. The van der Waals surface area contributed by atoms with Crippen molar-refractivity contribution in [1.82, 2.24) is 10.6 Å². The Hall–Kier alpha value is -0.120. The number of hydrogen-bond acceptors (Lipinski definition) is 3. The predicted octanol–water partition coefficient (Wildman–Crippen LogP) is 1.00. The van der Waals surface area contributed by atoms with Crippen LogP contribution in [-0.4, -0.2) is 39.4 Å². The van der Waals surface area contributed by atoms with Gasteiger partial charge in [0.1, 0.15) is 0 Å². The molecule has 0 saturated carbocycles. The van der Waals surface area contributed by atoms with Crippen molar-refractivity contribution in [1.29, 1.82) is 0 Å². The van der Waals surface area contributed by atoms with E-state index < -0.39 is 0 Å². The minimum atomic E-state index is 0.315. The van der Waals surface area contributed by atoms with E-state index in [9.17, 15) is 0 Å². The van der Waals surface area contributed by atoms with Crippen LogP contribution < -0.4 is 10.6 Å². The van der Waals surface area contributed by atoms with Crippen molar-refractivity contribution in [3.63, 3.8) is 0 Å². The SMILES string of the molecule is CCCCNCCNCC(C)OC. The first-order valence-corrected chi connectivity index (χ1v) is 5.25. The van der Waals surface area contributed by atoms with Gasteiger partial charge in [-0.05, 0) is 19.9 Å². The molecule has 0 aromatic heterocycles. The molecule has 0 rings (SSSR count). The van der Waals surface area contributed by atoms with Crippen LogP contribution in [-0.2, 0) is 4.74 Å². The maximum atomic E-state index is 5.11. The van der Waals surface area contributed by atoms with E-state index in [1.807, 2.05) is 0 Å². The van der Waals surface area contributed by atoms with Gasteiger partial charge >= 0.3 is 0 Å². The molecule has 0 amide bonds. The molecular formula is C10H24N2O. The van der Waals surface area contributed by atoms with Crippen LogP contribution in [0.2, 0.25) is 0 Å². The van der Waals surface area contributed by atoms with Gasteiger partial charge in [0, 0.05) is 26.7 Å². The fourth-order valence-electron chi connectivity index (χ4n) is 0.992. The van der Waals surface area contributed by atoms with E-state index in [1.165, 1.54) is 12.8 Å². The van der Waals surface area contributed by atoms with Crippen molar-refractivity contribution >= 4 is 0 Å². The standard InChI is InChI=1S/C10H24N2O/c1-4-5-6-11-7-8-12-9-10(2)13-3/h10-12H,4-9H2,1-3H3. The fourth-order valence-corrected chi connectivity index (χ4v) is 0.992. The molecule has 0 aromatic rings. The Balaban J connectivity index is 2.91. The minimum absolute atomic E-state index is 0.315. The number of nitrogens with one attached hydrogen (secondary N) is 2. The van der Waals surface area contributed by atoms with Crippen molar-refractivity contribution in [2.24, 2.45) is 0 Å². The third kappa shape index (κ3) is 9.80. The zero-order chi connectivity index (χ0) is 9.94. The normalized spacial score (nSPS) is 13.2. The van der Waals surface area contributed by atoms with E-state index in [1.54, 1.807) is 7.11 Å². The van der Waals surface area contributed by atoms with E-state index >= 15 is 0 Å². The maximum absolute atomic E-state index is 5.11. The Morgan fingerprint density at radius 1 is 1.15 bits per heavy atom. The highest BCUT2D eigenvalue weighted by molar-refractivity contribution is 4.56. The molecule has 0 bridgehead atoms. The van der Waals surface area contributed by atoms with Gasteiger partial charge < -0.3 is 15.4 Å². The second-order valence-corrected chi connectivity index (χ2v) is 3.35. The maximum Gasteiger partial charge on any atom is 0.0667 e. The highest BCUT2D eigenvalue weighted by Gasteiger charge is 1.96. The molecule has 2 N–H and O–H groups in total. The van der Waals surface area contributed by atoms with Crippen molar-refractivity contribution in [2.45, 2.75) is 32.8 Å². The summed E-state index contributed by atoms with van der Waals surface area (Å²) in [6.07, 6.45) is 2.85. The quantitative estimate of drug-likeness (QED) is 0.530. The van der Waals surface area contributed by atoms with E-state index in [-0.39, 0.29) is 0 Å². The topological polar surface area (TPSA) is 33.3 Å². The molecule has 3 nitrogen and oxygen atoms in total. The number of hydrogen-bond donors (Lipinski definition) is 2. The smallest absolute Gasteiger partial charge is 0.0667 e. The molecule has 0 spiro atoms. The molecule has 0 aromatic carbocycles. The van der Waals surface area contributed by atoms with Crippen LogP contribution in [0.1, 0.15) is 26.7 Å². The molecular weight excluding hydrogens is 164 g/mol. The molecule has 0 radical (unpaired) electrons. The summed E-state index contributed by atoms with van der Waals surface area (Å²) in [7, 11) is 1.74. The van der Waals surface area contributed by atoms with Gasteiger partial charge in [0.25, 0.3) is 0 Å². The van der Waals surface area contributed by atoms with Gasteiger partial charge in [-0.15, -0.1) is 0 Å². The summed E-state index contributed by atoms with van der Waals surface area (Å²) in [4.78, 5) is 0. The summed E-state index contributed by atoms with van der Waals surface area (Å²) in [5, 5.41) is 6.70. The van der Waals surface area contributed by atoms with E-state index in [2.05, 4.69) is 24.5 Å². The molecule has 0 aliphatic rings. The van der Waals surface area contributed by atoms with Gasteiger partial charge in [0.15, 0.2) is 0 Å². The Morgan fingerprint density at radius 2 is 1.85 bits per heavy atom. The number of unbranched alkanes of at least 4 members (excludes halogenated alkanes) is 1. The van der Waals surface area contributed by atoms with Crippen LogP contribution in [0.15, 0.2) is 0 Å². The van der Waals surface area contributed by atoms with Gasteiger partial charge in [-0.25, -0.2) is 0 Å². The summed E-state index contributed by atoms with van der Waals surface area (Å²) in [6.45, 7) is 8.43. The van der Waals surface area contributed by atoms with E-state index in [0.717, 1.165) is 26.2 Å². The molecule has 0 aliphatic carbocycles. The molecule has 0 aliphatic heterocycles. The number of rotatable bonds is 9. The Bertz CT molecular complexity index is 98.9. The lowest BCUT2D eigenvalue weighted by Crippen LogP contribution is -2.32. The van der Waals surface area contributed by atoms with Crippen LogP contribution in [0.5, 0.6) is 0 Å². The second kappa shape index (κ2) is 9.96. The van der Waals surface area contributed by atoms with Crippen LogP contribution in [0.4, 0.5) is 0 Å². The lowest BCUT2D eigenvalue weighted by molar-refractivity contribution is 0.117. The summed E-state index contributed by atoms with van der Waals surface area (Å²) < 4.78 is 5.11. The lowest BCUT2D eigenvalue weighted by atomic mass is 10.3. The van der Waals surface area contributed by atoms with Crippen LogP contribution in [0, 0.1) is 0 Å². The highest BCUT2D eigenvalue weighted by atomic mass is 16.5. The third-order valence-corrected chi connectivity index (χ3v) is 2.02. The van der Waals surface area contributed by atoms with Gasteiger partial charge in [0.2, 0.25) is 0 Å². The summed E-state index contributed by atoms with van der Waals surface area (Å²) in [5.41, 5.74) is 0. The van der Waals surface area contributed by atoms with Crippen molar-refractivity contribution in [3.05, 3.63) is 0 Å². The van der Waals surface area contributed by atoms with Crippen LogP contribution >= 0.6 is 0 Å². The lowest BCUT2D eigenvalue weighted by Gasteiger charge is -2.10. The first-order valence-electron chi connectivity index (χ1n) is 5.25. The predicted molar refractivity (Wildman–Crippen MR) is 57.1 cm³/mol. The average molecular weight is 188 g/mol. The Labute approximate surface area is 82.2 Å². The monoisotopic (exact) mass is 188 g/mol. The van der Waals surface area contributed by atoms with E-state index in [4.69, 9.17) is 4.74 Å². The first-order chi connectivity index (χ1) is 6.31. The number of methoxy groups -OCH3 is 1. The molecule has 1 atom stereocenters. The molecule has 0 heterocycles. The molecule has 0 saturated heterocycles. The van der Waals surface area contributed by atoms with Gasteiger partial charge in [-0.3, -0.25) is 0 Å². The zero-order valence-corrected chi connectivity index (χ0v) is 9.23. The number of ether oxygens (including phenoxy) is 1. The van der Waals surface area contributed by atoms with Crippen LogP contribution in [0.3, 0.4) is 0 Å². The first kappa shape index (κ1) is 12.9. The second-order valence-electron chi connectivity index (χ2n) is 3.35. The molecule has 80 valence electrons. The molecule has 13 heavy (non-hydrogen) atoms. The van der Waals surface area contributed by atoms with E-state index in [0.29, 0.717) is 6.10 Å². The Kier molecular flexibility index (Phi) is 9.87. The average Bonchev–Trinajstić information content (AvgIpc) is 2.16. The summed E-state index contributed by atoms with van der Waals surface area (Å²) in [6, 6.07) is 0. The molecule has 1 unspecified atom stereocenters. The molecule has 0 fully saturated rings. The molecule has 3 heteroatoms. The summed E-state index contributed by atoms with van der Waals surface area (Å²) >= 11 is 0. The minimum Gasteiger partial charge on any atom is -0.380 e. The van der Waals surface area contributed by atoms with Crippen LogP contribution in [0.25, 0.3) is 0 Å². The van der Waals surface area contributed by atoms with Crippen molar-refractivity contribution in [3.8, 4) is 0 Å². The van der Waals surface area contributed by atoms with Crippen molar-refractivity contribution in [2.75, 3.05) is 33.3 Å². The van der Waals surface area contributed by atoms with Gasteiger partial charge in [0.05, 0.1) is 6.10 Å².